The molecule has 2 rings (SSSR count). The van der Waals surface area contributed by atoms with Crippen molar-refractivity contribution in [3.05, 3.63) is 48.5 Å². The molecule has 19 heavy (non-hydrogen) atoms. The molecule has 0 unspecified atom stereocenters. The fourth-order valence-corrected chi connectivity index (χ4v) is 2.38. The van der Waals surface area contributed by atoms with Crippen LogP contribution in [0.15, 0.2) is 53.4 Å². The Kier molecular flexibility index (Phi) is 3.62. The largest absolute Gasteiger partial charge is 0.504 e. The quantitative estimate of drug-likeness (QED) is 0.869. The molecular weight excluding hydrogens is 268 g/mol. The van der Waals surface area contributed by atoms with Gasteiger partial charge in [0, 0.05) is 0 Å². The number of benzene rings is 2. The Morgan fingerprint density at radius 2 is 1.63 bits per heavy atom. The van der Waals surface area contributed by atoms with E-state index < -0.39 is 10.1 Å². The third-order valence-corrected chi connectivity index (χ3v) is 3.66. The van der Waals surface area contributed by atoms with Gasteiger partial charge in [0.05, 0.1) is 7.11 Å². The monoisotopic (exact) mass is 280 g/mol. The molecule has 100 valence electrons. The van der Waals surface area contributed by atoms with Gasteiger partial charge >= 0.3 is 10.1 Å². The molecule has 2 aromatic carbocycles. The van der Waals surface area contributed by atoms with Crippen LogP contribution >= 0.6 is 0 Å². The summed E-state index contributed by atoms with van der Waals surface area (Å²) >= 11 is 0. The Morgan fingerprint density at radius 3 is 2.21 bits per heavy atom. The van der Waals surface area contributed by atoms with Crippen molar-refractivity contribution in [2.75, 3.05) is 7.11 Å². The summed E-state index contributed by atoms with van der Waals surface area (Å²) in [5, 5.41) is 9.49. The molecule has 6 heteroatoms. The number of aromatic hydroxyl groups is 1. The number of phenols is 1. The highest BCUT2D eigenvalue weighted by molar-refractivity contribution is 7.87. The number of hydrogen-bond acceptors (Lipinski definition) is 5. The molecule has 0 bridgehead atoms. The highest BCUT2D eigenvalue weighted by Crippen LogP contribution is 2.28. The normalized spacial score (nSPS) is 11.0. The van der Waals surface area contributed by atoms with Crippen molar-refractivity contribution in [2.24, 2.45) is 0 Å². The third-order valence-electron chi connectivity index (χ3n) is 2.41. The zero-order chi connectivity index (χ0) is 13.9. The van der Waals surface area contributed by atoms with Gasteiger partial charge in [-0.25, -0.2) is 0 Å². The summed E-state index contributed by atoms with van der Waals surface area (Å²) in [7, 11) is -2.49. The van der Waals surface area contributed by atoms with Gasteiger partial charge in [-0.05, 0) is 36.4 Å². The van der Waals surface area contributed by atoms with Crippen LogP contribution in [0.25, 0.3) is 0 Å². The summed E-state index contributed by atoms with van der Waals surface area (Å²) in [4.78, 5) is -0.0171. The van der Waals surface area contributed by atoms with Crippen molar-refractivity contribution in [3.63, 3.8) is 0 Å². The minimum atomic E-state index is -3.98. The maximum atomic E-state index is 12.0. The molecule has 0 aliphatic heterocycles. The van der Waals surface area contributed by atoms with Crippen LogP contribution in [0, 0.1) is 0 Å². The molecule has 0 amide bonds. The molecule has 0 aromatic heterocycles. The van der Waals surface area contributed by atoms with Gasteiger partial charge in [0.2, 0.25) is 0 Å². The highest BCUT2D eigenvalue weighted by atomic mass is 32.2. The zero-order valence-electron chi connectivity index (χ0n) is 10.1. The van der Waals surface area contributed by atoms with E-state index in [0.717, 1.165) is 0 Å². The number of phenolic OH excluding ortho intramolecular Hbond substituents is 1. The van der Waals surface area contributed by atoms with Gasteiger partial charge in [-0.2, -0.15) is 8.42 Å². The standard InChI is InChI=1S/C13H12O5S/c1-17-10-6-8-11(9-7-10)19(15,16)18-13-5-3-2-4-12(13)14/h2-9,14H,1H3. The van der Waals surface area contributed by atoms with Crippen LogP contribution in [0.1, 0.15) is 0 Å². The minimum Gasteiger partial charge on any atom is -0.504 e. The molecule has 0 aliphatic rings. The lowest BCUT2D eigenvalue weighted by molar-refractivity contribution is 0.414. The lowest BCUT2D eigenvalue weighted by Crippen LogP contribution is -2.09. The summed E-state index contributed by atoms with van der Waals surface area (Å²) in [6, 6.07) is 11.6. The maximum absolute atomic E-state index is 12.0. The molecular formula is C13H12O5S. The Morgan fingerprint density at radius 1 is 1.00 bits per heavy atom. The SMILES string of the molecule is COc1ccc(S(=O)(=O)Oc2ccccc2O)cc1. The van der Waals surface area contributed by atoms with Gasteiger partial charge in [0.15, 0.2) is 11.5 Å². The molecule has 5 nitrogen and oxygen atoms in total. The minimum absolute atomic E-state index is 0.0171. The van der Waals surface area contributed by atoms with Crippen LogP contribution in [-0.4, -0.2) is 20.6 Å². The first-order chi connectivity index (χ1) is 9.03. The van der Waals surface area contributed by atoms with E-state index in [0.29, 0.717) is 5.75 Å². The van der Waals surface area contributed by atoms with Crippen LogP contribution < -0.4 is 8.92 Å². The van der Waals surface area contributed by atoms with E-state index >= 15 is 0 Å². The molecule has 0 heterocycles. The van der Waals surface area contributed by atoms with Crippen LogP contribution in [0.4, 0.5) is 0 Å². The Labute approximate surface area is 111 Å². The summed E-state index contributed by atoms with van der Waals surface area (Å²) < 4.78 is 33.8. The van der Waals surface area contributed by atoms with E-state index in [-0.39, 0.29) is 16.4 Å². The molecule has 0 aliphatic carbocycles. The fourth-order valence-electron chi connectivity index (χ4n) is 1.44. The third kappa shape index (κ3) is 2.97. The first-order valence-electron chi connectivity index (χ1n) is 5.39. The summed E-state index contributed by atoms with van der Waals surface area (Å²) in [5.74, 6) is 0.194. The van der Waals surface area contributed by atoms with Gasteiger partial charge in [-0.15, -0.1) is 0 Å². The van der Waals surface area contributed by atoms with Crippen LogP contribution in [0.3, 0.4) is 0 Å². The predicted molar refractivity (Wildman–Crippen MR) is 68.9 cm³/mol. The molecule has 2 aromatic rings. The highest BCUT2D eigenvalue weighted by Gasteiger charge is 2.18. The van der Waals surface area contributed by atoms with Crippen molar-refractivity contribution in [2.45, 2.75) is 4.90 Å². The fraction of sp³-hybridized carbons (Fsp3) is 0.0769. The number of ether oxygens (including phenoxy) is 1. The van der Waals surface area contributed by atoms with E-state index in [2.05, 4.69) is 0 Å². The summed E-state index contributed by atoms with van der Waals surface area (Å²) in [6.45, 7) is 0. The van der Waals surface area contributed by atoms with Gasteiger partial charge in [0.25, 0.3) is 0 Å². The van der Waals surface area contributed by atoms with Crippen molar-refractivity contribution in [1.82, 2.24) is 0 Å². The predicted octanol–water partition coefficient (Wildman–Crippen LogP) is 2.17. The average molecular weight is 280 g/mol. The maximum Gasteiger partial charge on any atom is 0.339 e. The van der Waals surface area contributed by atoms with Crippen molar-refractivity contribution < 1.29 is 22.4 Å². The number of rotatable bonds is 4. The molecule has 0 atom stereocenters. The van der Waals surface area contributed by atoms with Crippen LogP contribution in [0.5, 0.6) is 17.2 Å². The summed E-state index contributed by atoms with van der Waals surface area (Å²) in [6.07, 6.45) is 0. The Bertz CT molecular complexity index is 662. The smallest absolute Gasteiger partial charge is 0.339 e. The Hall–Kier alpha value is -2.21. The van der Waals surface area contributed by atoms with Gasteiger partial charge < -0.3 is 14.0 Å². The molecule has 1 N–H and O–H groups in total. The average Bonchev–Trinajstić information content (AvgIpc) is 2.41. The first kappa shape index (κ1) is 13.2. The van der Waals surface area contributed by atoms with Crippen molar-refractivity contribution >= 4 is 10.1 Å². The molecule has 0 fully saturated rings. The second kappa shape index (κ2) is 5.19. The van der Waals surface area contributed by atoms with E-state index in [1.807, 2.05) is 0 Å². The molecule has 0 spiro atoms. The van der Waals surface area contributed by atoms with Crippen LogP contribution in [0.2, 0.25) is 0 Å². The number of hydrogen-bond donors (Lipinski definition) is 1. The van der Waals surface area contributed by atoms with Crippen molar-refractivity contribution in [3.8, 4) is 17.2 Å². The lowest BCUT2D eigenvalue weighted by Gasteiger charge is -2.08. The zero-order valence-corrected chi connectivity index (χ0v) is 10.9. The Balaban J connectivity index is 2.30. The summed E-state index contributed by atoms with van der Waals surface area (Å²) in [5.41, 5.74) is 0. The lowest BCUT2D eigenvalue weighted by atomic mass is 10.3. The molecule has 0 saturated heterocycles. The van der Waals surface area contributed by atoms with Crippen LogP contribution in [-0.2, 0) is 10.1 Å². The first-order valence-corrected chi connectivity index (χ1v) is 6.80. The van der Waals surface area contributed by atoms with E-state index in [1.165, 1.54) is 43.5 Å². The van der Waals surface area contributed by atoms with E-state index in [1.54, 1.807) is 12.1 Å². The van der Waals surface area contributed by atoms with Crippen molar-refractivity contribution in [1.29, 1.82) is 0 Å². The second-order valence-corrected chi connectivity index (χ2v) is 5.23. The molecule has 0 saturated carbocycles. The number of para-hydroxylation sites is 2. The van der Waals surface area contributed by atoms with Gasteiger partial charge in [0.1, 0.15) is 10.6 Å². The topological polar surface area (TPSA) is 72.8 Å². The van der Waals surface area contributed by atoms with Gasteiger partial charge in [-0.3, -0.25) is 0 Å². The number of methoxy groups -OCH3 is 1. The van der Waals surface area contributed by atoms with E-state index in [9.17, 15) is 13.5 Å². The van der Waals surface area contributed by atoms with Gasteiger partial charge in [-0.1, -0.05) is 12.1 Å². The second-order valence-electron chi connectivity index (χ2n) is 3.68. The molecule has 0 radical (unpaired) electrons. The van der Waals surface area contributed by atoms with E-state index in [4.69, 9.17) is 8.92 Å².